The number of thiazole rings is 1. The summed E-state index contributed by atoms with van der Waals surface area (Å²) in [6, 6.07) is 0.209. The molecule has 3 nitrogen and oxygen atoms in total. The van der Waals surface area contributed by atoms with Crippen LogP contribution < -0.4 is 5.73 Å². The van der Waals surface area contributed by atoms with E-state index in [4.69, 9.17) is 5.73 Å². The minimum atomic E-state index is 0.209. The molecule has 2 aromatic heterocycles. The monoisotopic (exact) mass is 195 g/mol. The second-order valence-electron chi connectivity index (χ2n) is 3.44. The molecule has 4 heteroatoms. The van der Waals surface area contributed by atoms with E-state index in [-0.39, 0.29) is 6.04 Å². The molecular formula is C9H13N3S. The van der Waals surface area contributed by atoms with Crippen molar-refractivity contribution in [3.05, 3.63) is 23.0 Å². The lowest BCUT2D eigenvalue weighted by molar-refractivity contribution is 0.718. The van der Waals surface area contributed by atoms with E-state index in [0.29, 0.717) is 0 Å². The third-order valence-corrected chi connectivity index (χ3v) is 2.82. The number of rotatable bonds is 2. The molecule has 0 spiro atoms. The second-order valence-corrected chi connectivity index (χ2v) is 4.28. The highest BCUT2D eigenvalue weighted by atomic mass is 32.1. The van der Waals surface area contributed by atoms with Gasteiger partial charge in [-0.05, 0) is 13.8 Å². The van der Waals surface area contributed by atoms with Crippen molar-refractivity contribution in [1.82, 2.24) is 9.38 Å². The van der Waals surface area contributed by atoms with Crippen LogP contribution in [0.3, 0.4) is 0 Å². The van der Waals surface area contributed by atoms with Gasteiger partial charge in [0.05, 0.1) is 5.69 Å². The first kappa shape index (κ1) is 8.72. The Balaban J connectivity index is 2.44. The van der Waals surface area contributed by atoms with E-state index in [2.05, 4.69) is 21.0 Å². The lowest BCUT2D eigenvalue weighted by Gasteiger charge is -2.02. The number of fused-ring (bicyclic) bond motifs is 1. The topological polar surface area (TPSA) is 43.3 Å². The average molecular weight is 195 g/mol. The van der Waals surface area contributed by atoms with Crippen LogP contribution in [0.15, 0.2) is 11.6 Å². The van der Waals surface area contributed by atoms with Crippen molar-refractivity contribution < 1.29 is 0 Å². The van der Waals surface area contributed by atoms with Gasteiger partial charge in [-0.1, -0.05) is 0 Å². The minimum Gasteiger partial charge on any atom is -0.328 e. The van der Waals surface area contributed by atoms with Crippen molar-refractivity contribution >= 4 is 16.3 Å². The van der Waals surface area contributed by atoms with Gasteiger partial charge in [0.15, 0.2) is 4.96 Å². The van der Waals surface area contributed by atoms with Gasteiger partial charge >= 0.3 is 0 Å². The molecule has 0 aliphatic rings. The van der Waals surface area contributed by atoms with Gasteiger partial charge < -0.3 is 5.73 Å². The number of nitrogens with two attached hydrogens (primary N) is 1. The highest BCUT2D eigenvalue weighted by Crippen LogP contribution is 2.17. The molecule has 0 fully saturated rings. The maximum absolute atomic E-state index is 5.75. The fourth-order valence-electron chi connectivity index (χ4n) is 1.42. The first-order chi connectivity index (χ1) is 6.16. The Bertz CT molecular complexity index is 413. The number of imidazole rings is 1. The van der Waals surface area contributed by atoms with Crippen molar-refractivity contribution in [3.63, 3.8) is 0 Å². The Labute approximate surface area is 81.2 Å². The van der Waals surface area contributed by atoms with Crippen LogP contribution in [-0.2, 0) is 6.42 Å². The van der Waals surface area contributed by atoms with Crippen molar-refractivity contribution in [1.29, 1.82) is 0 Å². The zero-order valence-electron chi connectivity index (χ0n) is 7.82. The number of aromatic nitrogens is 2. The van der Waals surface area contributed by atoms with Crippen molar-refractivity contribution in [2.75, 3.05) is 0 Å². The molecule has 1 unspecified atom stereocenters. The first-order valence-electron chi connectivity index (χ1n) is 4.34. The van der Waals surface area contributed by atoms with Gasteiger partial charge in [-0.2, -0.15) is 0 Å². The standard InChI is InChI=1S/C9H13N3S/c1-6(10)3-8-5-13-9-11-7(2)4-12(8)9/h4-6H,3,10H2,1-2H3. The van der Waals surface area contributed by atoms with Crippen LogP contribution in [0.5, 0.6) is 0 Å². The number of aryl methyl sites for hydroxylation is 1. The zero-order valence-corrected chi connectivity index (χ0v) is 8.64. The molecule has 0 saturated heterocycles. The van der Waals surface area contributed by atoms with Crippen LogP contribution in [0.2, 0.25) is 0 Å². The summed E-state index contributed by atoms with van der Waals surface area (Å²) in [4.78, 5) is 5.44. The summed E-state index contributed by atoms with van der Waals surface area (Å²) in [5.74, 6) is 0. The molecule has 0 aliphatic carbocycles. The van der Waals surface area contributed by atoms with E-state index in [9.17, 15) is 0 Å². The molecule has 70 valence electrons. The molecule has 0 amide bonds. The van der Waals surface area contributed by atoms with Crippen LogP contribution in [0.4, 0.5) is 0 Å². The first-order valence-corrected chi connectivity index (χ1v) is 5.22. The third-order valence-electron chi connectivity index (χ3n) is 1.93. The Morgan fingerprint density at radius 3 is 3.15 bits per heavy atom. The number of hydrogen-bond donors (Lipinski definition) is 1. The molecule has 0 saturated carbocycles. The van der Waals surface area contributed by atoms with Crippen LogP contribution in [-0.4, -0.2) is 15.4 Å². The highest BCUT2D eigenvalue weighted by Gasteiger charge is 2.06. The molecule has 2 N–H and O–H groups in total. The highest BCUT2D eigenvalue weighted by molar-refractivity contribution is 7.15. The molecule has 1 atom stereocenters. The predicted octanol–water partition coefficient (Wildman–Crippen LogP) is 1.59. The van der Waals surface area contributed by atoms with E-state index in [1.165, 1.54) is 5.69 Å². The summed E-state index contributed by atoms with van der Waals surface area (Å²) in [5, 5.41) is 2.13. The van der Waals surface area contributed by atoms with Gasteiger partial charge in [0.2, 0.25) is 0 Å². The summed E-state index contributed by atoms with van der Waals surface area (Å²) in [6.45, 7) is 4.03. The molecule has 2 aromatic rings. The van der Waals surface area contributed by atoms with Crippen LogP contribution in [0, 0.1) is 6.92 Å². The lowest BCUT2D eigenvalue weighted by Crippen LogP contribution is -2.18. The Hall–Kier alpha value is -0.870. The van der Waals surface area contributed by atoms with E-state index in [1.54, 1.807) is 11.3 Å². The largest absolute Gasteiger partial charge is 0.328 e. The quantitative estimate of drug-likeness (QED) is 0.791. The van der Waals surface area contributed by atoms with Crippen LogP contribution in [0.1, 0.15) is 18.3 Å². The van der Waals surface area contributed by atoms with Crippen molar-refractivity contribution in [2.45, 2.75) is 26.3 Å². The van der Waals surface area contributed by atoms with Crippen LogP contribution >= 0.6 is 11.3 Å². The normalized spacial score (nSPS) is 13.8. The van der Waals surface area contributed by atoms with Gasteiger partial charge in [-0.15, -0.1) is 11.3 Å². The fraction of sp³-hybridized carbons (Fsp3) is 0.444. The fourth-order valence-corrected chi connectivity index (χ4v) is 2.35. The summed E-state index contributed by atoms with van der Waals surface area (Å²) < 4.78 is 2.13. The molecule has 13 heavy (non-hydrogen) atoms. The Morgan fingerprint density at radius 2 is 2.46 bits per heavy atom. The molecule has 2 rings (SSSR count). The van der Waals surface area contributed by atoms with E-state index < -0.39 is 0 Å². The van der Waals surface area contributed by atoms with Gasteiger partial charge in [0.1, 0.15) is 0 Å². The van der Waals surface area contributed by atoms with Gasteiger partial charge in [0, 0.05) is 29.7 Å². The number of hydrogen-bond acceptors (Lipinski definition) is 3. The van der Waals surface area contributed by atoms with Crippen LogP contribution in [0.25, 0.3) is 4.96 Å². The zero-order chi connectivity index (χ0) is 9.42. The average Bonchev–Trinajstić information content (AvgIpc) is 2.51. The summed E-state index contributed by atoms with van der Waals surface area (Å²) in [5.41, 5.74) is 8.08. The second kappa shape index (κ2) is 3.12. The summed E-state index contributed by atoms with van der Waals surface area (Å²) in [7, 11) is 0. The lowest BCUT2D eigenvalue weighted by atomic mass is 10.2. The maximum Gasteiger partial charge on any atom is 0.194 e. The van der Waals surface area contributed by atoms with Crippen molar-refractivity contribution in [2.24, 2.45) is 5.73 Å². The molecular weight excluding hydrogens is 182 g/mol. The molecule has 0 bridgehead atoms. The third kappa shape index (κ3) is 1.59. The predicted molar refractivity (Wildman–Crippen MR) is 55.2 cm³/mol. The van der Waals surface area contributed by atoms with E-state index in [1.807, 2.05) is 13.8 Å². The van der Waals surface area contributed by atoms with Crippen molar-refractivity contribution in [3.8, 4) is 0 Å². The molecule has 2 heterocycles. The van der Waals surface area contributed by atoms with E-state index in [0.717, 1.165) is 17.1 Å². The Kier molecular flexibility index (Phi) is 2.09. The van der Waals surface area contributed by atoms with Gasteiger partial charge in [-0.3, -0.25) is 4.40 Å². The molecule has 0 radical (unpaired) electrons. The Morgan fingerprint density at radius 1 is 1.69 bits per heavy atom. The molecule has 0 aromatic carbocycles. The summed E-state index contributed by atoms with van der Waals surface area (Å²) >= 11 is 1.67. The summed E-state index contributed by atoms with van der Waals surface area (Å²) in [6.07, 6.45) is 2.97. The van der Waals surface area contributed by atoms with Gasteiger partial charge in [0.25, 0.3) is 0 Å². The smallest absolute Gasteiger partial charge is 0.194 e. The molecule has 0 aliphatic heterocycles. The maximum atomic E-state index is 5.75. The number of nitrogens with zero attached hydrogens (tertiary/aromatic N) is 2. The SMILES string of the molecule is Cc1cn2c(CC(C)N)csc2n1. The van der Waals surface area contributed by atoms with Gasteiger partial charge in [-0.25, -0.2) is 4.98 Å². The minimum absolute atomic E-state index is 0.209. The van der Waals surface area contributed by atoms with E-state index >= 15 is 0 Å².